The van der Waals surface area contributed by atoms with Gasteiger partial charge >= 0.3 is 0 Å². The number of hydrogen-bond acceptors (Lipinski definition) is 8. The Morgan fingerprint density at radius 1 is 1.16 bits per heavy atom. The number of nitrogens with one attached hydrogen (secondary N) is 2. The fourth-order valence-corrected chi connectivity index (χ4v) is 4.12. The zero-order chi connectivity index (χ0) is 26.4. The lowest BCUT2D eigenvalue weighted by molar-refractivity contribution is 0.145. The number of aromatic amines is 1. The zero-order valence-electron chi connectivity index (χ0n) is 18.6. The molecule has 1 saturated carbocycles. The van der Waals surface area contributed by atoms with Gasteiger partial charge in [0.25, 0.3) is 18.4 Å². The number of hydrogen-bond donors (Lipinski definition) is 3. The Morgan fingerprint density at radius 3 is 2.51 bits per heavy atom. The van der Waals surface area contributed by atoms with Crippen LogP contribution in [0.4, 0.5) is 33.7 Å². The second-order valence-electron chi connectivity index (χ2n) is 8.31. The van der Waals surface area contributed by atoms with Gasteiger partial charge in [-0.15, -0.1) is 0 Å². The number of nitrogens with two attached hydrogens (primary N) is 1. The SMILES string of the molecule is N#Cc1c(NC(c2nc3c(C(F)F)cc(F)cc3c(=O)n2-c2ccn[nH]2)C2CC2)nc(N)nc1C(F)F. The molecule has 4 aromatic rings. The van der Waals surface area contributed by atoms with Crippen molar-refractivity contribution in [2.24, 2.45) is 5.92 Å². The molecule has 1 aromatic carbocycles. The monoisotopic (exact) mass is 517 g/mol. The van der Waals surface area contributed by atoms with E-state index in [0.717, 1.165) is 10.6 Å². The number of halogens is 5. The molecule has 0 spiro atoms. The molecule has 1 fully saturated rings. The number of nitrogens with zero attached hydrogens (tertiary/aromatic N) is 6. The summed E-state index contributed by atoms with van der Waals surface area (Å²) in [5.41, 5.74) is 2.06. The number of anilines is 2. The third kappa shape index (κ3) is 4.30. The van der Waals surface area contributed by atoms with E-state index in [9.17, 15) is 32.0 Å². The van der Waals surface area contributed by atoms with Crippen LogP contribution in [0.2, 0.25) is 0 Å². The normalized spacial score (nSPS) is 14.3. The van der Waals surface area contributed by atoms with Gasteiger partial charge < -0.3 is 11.1 Å². The van der Waals surface area contributed by atoms with Crippen molar-refractivity contribution >= 4 is 22.7 Å². The Morgan fingerprint density at radius 2 is 1.92 bits per heavy atom. The van der Waals surface area contributed by atoms with E-state index in [0.29, 0.717) is 18.9 Å². The van der Waals surface area contributed by atoms with Crippen LogP contribution in [0.3, 0.4) is 0 Å². The summed E-state index contributed by atoms with van der Waals surface area (Å²) in [6, 6.07) is 3.48. The van der Waals surface area contributed by atoms with Crippen LogP contribution in [0.15, 0.2) is 29.2 Å². The van der Waals surface area contributed by atoms with Gasteiger partial charge in [-0.1, -0.05) is 0 Å². The van der Waals surface area contributed by atoms with Crippen LogP contribution >= 0.6 is 0 Å². The van der Waals surface area contributed by atoms with E-state index in [1.807, 2.05) is 0 Å². The molecule has 5 rings (SSSR count). The number of rotatable bonds is 7. The quantitative estimate of drug-likeness (QED) is 0.312. The molecule has 190 valence electrons. The lowest BCUT2D eigenvalue weighted by Crippen LogP contribution is -2.30. The summed E-state index contributed by atoms with van der Waals surface area (Å²) in [5.74, 6) is -2.15. The number of benzene rings is 1. The Kier molecular flexibility index (Phi) is 5.94. The molecule has 4 N–H and O–H groups in total. The highest BCUT2D eigenvalue weighted by Gasteiger charge is 2.38. The molecule has 10 nitrogen and oxygen atoms in total. The number of aromatic nitrogens is 6. The second kappa shape index (κ2) is 9.12. The first kappa shape index (κ1) is 24.1. The minimum absolute atomic E-state index is 0.0979. The average Bonchev–Trinajstić information content (AvgIpc) is 3.55. The molecule has 0 amide bonds. The lowest BCUT2D eigenvalue weighted by Gasteiger charge is -2.23. The minimum atomic E-state index is -3.14. The summed E-state index contributed by atoms with van der Waals surface area (Å²) in [5, 5.41) is 18.4. The van der Waals surface area contributed by atoms with Crippen molar-refractivity contribution in [3.8, 4) is 11.9 Å². The van der Waals surface area contributed by atoms with Crippen molar-refractivity contribution in [1.82, 2.24) is 29.7 Å². The largest absolute Gasteiger partial charge is 0.368 e. The summed E-state index contributed by atoms with van der Waals surface area (Å²) >= 11 is 0. The number of nitrogen functional groups attached to an aromatic ring is 1. The topological polar surface area (TPSA) is 151 Å². The molecule has 1 aliphatic carbocycles. The third-order valence-electron chi connectivity index (χ3n) is 5.89. The predicted molar refractivity (Wildman–Crippen MR) is 120 cm³/mol. The number of H-pyrrole nitrogens is 1. The highest BCUT2D eigenvalue weighted by Crippen LogP contribution is 2.43. The molecule has 3 heterocycles. The van der Waals surface area contributed by atoms with Crippen LogP contribution in [0, 0.1) is 23.1 Å². The molecular weight excluding hydrogens is 501 g/mol. The van der Waals surface area contributed by atoms with Gasteiger partial charge in [-0.25, -0.2) is 36.5 Å². The van der Waals surface area contributed by atoms with Gasteiger partial charge in [-0.2, -0.15) is 15.3 Å². The van der Waals surface area contributed by atoms with Gasteiger partial charge in [0.15, 0.2) is 5.82 Å². The molecular formula is C22H16F5N9O. The maximum atomic E-state index is 14.2. The molecule has 1 aliphatic rings. The fourth-order valence-electron chi connectivity index (χ4n) is 4.12. The predicted octanol–water partition coefficient (Wildman–Crippen LogP) is 3.93. The Bertz CT molecular complexity index is 1590. The van der Waals surface area contributed by atoms with Crippen LogP contribution in [0.5, 0.6) is 0 Å². The van der Waals surface area contributed by atoms with Gasteiger partial charge in [0.05, 0.1) is 23.1 Å². The lowest BCUT2D eigenvalue weighted by atomic mass is 10.1. The summed E-state index contributed by atoms with van der Waals surface area (Å²) in [7, 11) is 0. The summed E-state index contributed by atoms with van der Waals surface area (Å²) < 4.78 is 69.9. The third-order valence-corrected chi connectivity index (χ3v) is 5.89. The van der Waals surface area contributed by atoms with Gasteiger partial charge in [0.2, 0.25) is 5.95 Å². The molecule has 3 aromatic heterocycles. The van der Waals surface area contributed by atoms with Gasteiger partial charge in [-0.3, -0.25) is 9.89 Å². The van der Waals surface area contributed by atoms with Crippen molar-refractivity contribution in [1.29, 1.82) is 5.26 Å². The van der Waals surface area contributed by atoms with Crippen LogP contribution < -0.4 is 16.6 Å². The average molecular weight is 517 g/mol. The van der Waals surface area contributed by atoms with Crippen LogP contribution in [0.1, 0.15) is 54.4 Å². The van der Waals surface area contributed by atoms with Crippen LogP contribution in [-0.4, -0.2) is 29.7 Å². The molecule has 0 saturated heterocycles. The minimum Gasteiger partial charge on any atom is -0.368 e. The van der Waals surface area contributed by atoms with Crippen LogP contribution in [-0.2, 0) is 0 Å². The maximum Gasteiger partial charge on any atom is 0.281 e. The highest BCUT2D eigenvalue weighted by atomic mass is 19.3. The van der Waals surface area contributed by atoms with E-state index < -0.39 is 63.9 Å². The number of nitriles is 1. The molecule has 15 heteroatoms. The standard InChI is InChI=1S/C22H16F5N9O/c23-9-5-10(17(24)25)15-11(6-9)21(37)36(13-3-4-30-35-13)20(32-15)14(8-1-2-8)31-19-12(7-28)16(18(26)27)33-22(29)34-19/h3-6,8,14,17-18H,1-2H2,(H,30,35)(H3,29,31,33,34). The van der Waals surface area contributed by atoms with Crippen molar-refractivity contribution in [3.05, 3.63) is 63.2 Å². The van der Waals surface area contributed by atoms with Crippen molar-refractivity contribution in [2.75, 3.05) is 11.1 Å². The maximum absolute atomic E-state index is 14.2. The van der Waals surface area contributed by atoms with E-state index in [-0.39, 0.29) is 23.4 Å². The zero-order valence-corrected chi connectivity index (χ0v) is 18.6. The molecule has 0 radical (unpaired) electrons. The molecule has 0 aliphatic heterocycles. The van der Waals surface area contributed by atoms with Gasteiger partial charge in [0.1, 0.15) is 34.8 Å². The van der Waals surface area contributed by atoms with Gasteiger partial charge in [-0.05, 0) is 30.9 Å². The van der Waals surface area contributed by atoms with Crippen molar-refractivity contribution in [2.45, 2.75) is 31.7 Å². The van der Waals surface area contributed by atoms with Crippen molar-refractivity contribution < 1.29 is 22.0 Å². The smallest absolute Gasteiger partial charge is 0.281 e. The van der Waals surface area contributed by atoms with E-state index in [1.165, 1.54) is 12.3 Å². The van der Waals surface area contributed by atoms with E-state index in [4.69, 9.17) is 5.73 Å². The Labute approximate surface area is 204 Å². The molecule has 0 bridgehead atoms. The Hall–Kier alpha value is -4.61. The van der Waals surface area contributed by atoms with E-state index >= 15 is 0 Å². The van der Waals surface area contributed by atoms with E-state index in [2.05, 4.69) is 30.5 Å². The molecule has 37 heavy (non-hydrogen) atoms. The Balaban J connectivity index is 1.78. The fraction of sp³-hybridized carbons (Fsp3) is 0.273. The highest BCUT2D eigenvalue weighted by molar-refractivity contribution is 5.82. The number of fused-ring (bicyclic) bond motifs is 1. The summed E-state index contributed by atoms with van der Waals surface area (Å²) in [6.07, 6.45) is -3.74. The first-order valence-electron chi connectivity index (χ1n) is 10.9. The first-order valence-corrected chi connectivity index (χ1v) is 10.9. The van der Waals surface area contributed by atoms with Gasteiger partial charge in [0, 0.05) is 11.6 Å². The van der Waals surface area contributed by atoms with Crippen LogP contribution in [0.25, 0.3) is 16.7 Å². The number of alkyl halides is 4. The first-order chi connectivity index (χ1) is 17.7. The molecule has 1 unspecified atom stereocenters. The second-order valence-corrected chi connectivity index (χ2v) is 8.31. The van der Waals surface area contributed by atoms with Crippen molar-refractivity contribution in [3.63, 3.8) is 0 Å². The summed E-state index contributed by atoms with van der Waals surface area (Å²) in [6.45, 7) is 0. The summed E-state index contributed by atoms with van der Waals surface area (Å²) in [4.78, 5) is 25.2. The van der Waals surface area contributed by atoms with E-state index in [1.54, 1.807) is 6.07 Å². The molecule has 1 atom stereocenters.